The molecule has 1 aromatic heterocycles. The van der Waals surface area contributed by atoms with Crippen LogP contribution < -0.4 is 5.56 Å². The summed E-state index contributed by atoms with van der Waals surface area (Å²) in [5.41, 5.74) is -1.10. The van der Waals surface area contributed by atoms with Crippen molar-refractivity contribution in [1.29, 1.82) is 0 Å². The summed E-state index contributed by atoms with van der Waals surface area (Å²) in [6, 6.07) is 0. The van der Waals surface area contributed by atoms with Crippen LogP contribution in [0.2, 0.25) is 0 Å². The average molecular weight is 401 g/mol. The predicted molar refractivity (Wildman–Crippen MR) is 107 cm³/mol. The quantitative estimate of drug-likeness (QED) is 0.238. The van der Waals surface area contributed by atoms with Gasteiger partial charge in [0.05, 0.1) is 18.2 Å². The minimum atomic E-state index is -0.831. The van der Waals surface area contributed by atoms with Crippen molar-refractivity contribution in [2.45, 2.75) is 65.5 Å². The lowest BCUT2D eigenvalue weighted by Gasteiger charge is -2.35. The van der Waals surface area contributed by atoms with Crippen molar-refractivity contribution in [1.82, 2.24) is 9.55 Å². The topological polar surface area (TPSA) is 61.2 Å². The first kappa shape index (κ1) is 23.7. The van der Waals surface area contributed by atoms with Gasteiger partial charge in [-0.05, 0) is 31.6 Å². The molecule has 0 aliphatic heterocycles. The van der Waals surface area contributed by atoms with Crippen molar-refractivity contribution in [3.63, 3.8) is 0 Å². The Hall–Kier alpha value is -1.37. The molecular weight excluding hydrogens is 367 g/mol. The smallest absolute Gasteiger partial charge is 0.312 e. The highest BCUT2D eigenvalue weighted by atomic mass is 32.2. The van der Waals surface area contributed by atoms with Crippen LogP contribution in [0.3, 0.4) is 0 Å². The Morgan fingerprint density at radius 2 is 1.81 bits per heavy atom. The number of unbranched alkanes of at least 4 members (excludes halogenated alkanes) is 3. The number of hydrogen-bond acceptors (Lipinski definition) is 5. The summed E-state index contributed by atoms with van der Waals surface area (Å²) < 4.78 is 19.9. The maximum absolute atomic E-state index is 13.1. The SMILES string of the molecule is CC(C)C(C)(C(=O)OCCCCCCSc1ncc(F)c(=O)n1C)C(C)C. The molecule has 0 aromatic carbocycles. The van der Waals surface area contributed by atoms with E-state index in [1.165, 1.54) is 23.4 Å². The van der Waals surface area contributed by atoms with Gasteiger partial charge in [-0.3, -0.25) is 14.2 Å². The van der Waals surface area contributed by atoms with Crippen LogP contribution in [0.15, 0.2) is 16.1 Å². The number of carbonyl (C=O) groups is 1. The Balaban J connectivity index is 2.24. The summed E-state index contributed by atoms with van der Waals surface area (Å²) in [6.07, 6.45) is 4.76. The third kappa shape index (κ3) is 6.33. The van der Waals surface area contributed by atoms with Gasteiger partial charge in [0, 0.05) is 12.8 Å². The third-order valence-electron chi connectivity index (χ3n) is 5.43. The first-order chi connectivity index (χ1) is 12.6. The molecule has 0 saturated heterocycles. The fourth-order valence-electron chi connectivity index (χ4n) is 2.81. The monoisotopic (exact) mass is 400 g/mol. The zero-order valence-corrected chi connectivity index (χ0v) is 18.2. The van der Waals surface area contributed by atoms with Gasteiger partial charge in [-0.2, -0.15) is 4.39 Å². The van der Waals surface area contributed by atoms with Gasteiger partial charge in [-0.1, -0.05) is 52.3 Å². The number of aromatic nitrogens is 2. The lowest BCUT2D eigenvalue weighted by molar-refractivity contribution is -0.161. The minimum absolute atomic E-state index is 0.105. The van der Waals surface area contributed by atoms with E-state index in [1.807, 2.05) is 6.92 Å². The van der Waals surface area contributed by atoms with Crippen molar-refractivity contribution in [2.75, 3.05) is 12.4 Å². The van der Waals surface area contributed by atoms with Crippen molar-refractivity contribution in [3.8, 4) is 0 Å². The van der Waals surface area contributed by atoms with Crippen LogP contribution in [-0.2, 0) is 16.6 Å². The third-order valence-corrected chi connectivity index (χ3v) is 6.56. The Bertz CT molecular complexity index is 666. The van der Waals surface area contributed by atoms with Gasteiger partial charge >= 0.3 is 5.97 Å². The van der Waals surface area contributed by atoms with E-state index >= 15 is 0 Å². The van der Waals surface area contributed by atoms with E-state index in [0.29, 0.717) is 11.8 Å². The molecule has 0 saturated carbocycles. The standard InChI is InChI=1S/C20H33FN2O3S/c1-14(2)20(5,15(3)4)18(25)26-11-9-7-8-10-12-27-19-22-13-16(21)17(24)23(19)6/h13-15H,7-12H2,1-6H3. The Kier molecular flexibility index (Phi) is 9.50. The Morgan fingerprint density at radius 3 is 2.41 bits per heavy atom. The van der Waals surface area contributed by atoms with Gasteiger partial charge in [0.15, 0.2) is 5.16 Å². The summed E-state index contributed by atoms with van der Waals surface area (Å²) in [5.74, 6) is 0.342. The van der Waals surface area contributed by atoms with E-state index in [4.69, 9.17) is 4.74 Å². The molecule has 0 fully saturated rings. The van der Waals surface area contributed by atoms with Crippen LogP contribution in [-0.4, -0.2) is 27.9 Å². The maximum atomic E-state index is 13.1. The largest absolute Gasteiger partial charge is 0.465 e. The van der Waals surface area contributed by atoms with Crippen LogP contribution >= 0.6 is 11.8 Å². The lowest BCUT2D eigenvalue weighted by atomic mass is 9.70. The summed E-state index contributed by atoms with van der Waals surface area (Å²) in [4.78, 5) is 27.9. The molecular formula is C20H33FN2O3S. The first-order valence-corrected chi connectivity index (χ1v) is 10.6. The highest BCUT2D eigenvalue weighted by Gasteiger charge is 2.41. The number of halogens is 1. The van der Waals surface area contributed by atoms with Gasteiger partial charge in [-0.25, -0.2) is 4.98 Å². The first-order valence-electron chi connectivity index (χ1n) is 9.63. The van der Waals surface area contributed by atoms with Gasteiger partial charge < -0.3 is 4.74 Å². The molecule has 0 radical (unpaired) electrons. The van der Waals surface area contributed by atoms with Crippen LogP contribution in [0.1, 0.15) is 60.3 Å². The molecule has 0 unspecified atom stereocenters. The maximum Gasteiger partial charge on any atom is 0.312 e. The Labute approximate surface area is 166 Å². The van der Waals surface area contributed by atoms with Crippen molar-refractivity contribution < 1.29 is 13.9 Å². The summed E-state index contributed by atoms with van der Waals surface area (Å²) >= 11 is 1.45. The number of thioether (sulfide) groups is 1. The lowest BCUT2D eigenvalue weighted by Crippen LogP contribution is -2.39. The van der Waals surface area contributed by atoms with E-state index in [2.05, 4.69) is 32.7 Å². The molecule has 0 aliphatic carbocycles. The molecule has 1 aromatic rings. The number of carbonyl (C=O) groups excluding carboxylic acids is 1. The van der Waals surface area contributed by atoms with Crippen molar-refractivity contribution >= 4 is 17.7 Å². The van der Waals surface area contributed by atoms with Crippen LogP contribution in [0.4, 0.5) is 4.39 Å². The van der Waals surface area contributed by atoms with Crippen LogP contribution in [0.5, 0.6) is 0 Å². The van der Waals surface area contributed by atoms with Gasteiger partial charge in [0.2, 0.25) is 5.82 Å². The molecule has 0 bridgehead atoms. The molecule has 0 aliphatic rings. The van der Waals surface area contributed by atoms with Crippen LogP contribution in [0.25, 0.3) is 0 Å². The van der Waals surface area contributed by atoms with Gasteiger partial charge in [0.25, 0.3) is 5.56 Å². The normalized spacial score (nSPS) is 12.0. The molecule has 0 N–H and O–H groups in total. The van der Waals surface area contributed by atoms with E-state index in [1.54, 1.807) is 0 Å². The fraction of sp³-hybridized carbons (Fsp3) is 0.750. The summed E-state index contributed by atoms with van der Waals surface area (Å²) in [6.45, 7) is 10.7. The second-order valence-corrected chi connectivity index (χ2v) is 8.81. The molecule has 7 heteroatoms. The van der Waals surface area contributed by atoms with Gasteiger partial charge in [0.1, 0.15) is 0 Å². The summed E-state index contributed by atoms with van der Waals surface area (Å²) in [5, 5.41) is 0.525. The number of nitrogens with zero attached hydrogens (tertiary/aromatic N) is 2. The van der Waals surface area contributed by atoms with Crippen molar-refractivity contribution in [3.05, 3.63) is 22.4 Å². The van der Waals surface area contributed by atoms with E-state index in [-0.39, 0.29) is 17.8 Å². The van der Waals surface area contributed by atoms with Gasteiger partial charge in [-0.15, -0.1) is 0 Å². The molecule has 1 heterocycles. The molecule has 0 amide bonds. The second kappa shape index (κ2) is 10.8. The fourth-order valence-corrected chi connectivity index (χ4v) is 3.75. The molecule has 1 rings (SSSR count). The van der Waals surface area contributed by atoms with E-state index in [9.17, 15) is 14.0 Å². The molecule has 0 spiro atoms. The highest BCUT2D eigenvalue weighted by Crippen LogP contribution is 2.36. The molecule has 5 nitrogen and oxygen atoms in total. The average Bonchev–Trinajstić information content (AvgIpc) is 2.62. The number of hydrogen-bond donors (Lipinski definition) is 0. The summed E-state index contributed by atoms with van der Waals surface area (Å²) in [7, 11) is 1.52. The second-order valence-electron chi connectivity index (χ2n) is 7.74. The molecule has 27 heavy (non-hydrogen) atoms. The highest BCUT2D eigenvalue weighted by molar-refractivity contribution is 7.99. The zero-order chi connectivity index (χ0) is 20.6. The number of rotatable bonds is 11. The van der Waals surface area contributed by atoms with Crippen molar-refractivity contribution in [2.24, 2.45) is 24.3 Å². The molecule has 154 valence electrons. The number of ether oxygens (including phenoxy) is 1. The van der Waals surface area contributed by atoms with Crippen LogP contribution in [0, 0.1) is 23.1 Å². The predicted octanol–water partition coefficient (Wildman–Crippen LogP) is 4.43. The van der Waals surface area contributed by atoms with E-state index < -0.39 is 16.8 Å². The Morgan fingerprint density at radius 1 is 1.22 bits per heavy atom. The zero-order valence-electron chi connectivity index (χ0n) is 17.4. The minimum Gasteiger partial charge on any atom is -0.465 e. The number of esters is 1. The van der Waals surface area contributed by atoms with E-state index in [0.717, 1.165) is 37.6 Å². The molecule has 0 atom stereocenters.